The van der Waals surface area contributed by atoms with Crippen molar-refractivity contribution in [2.45, 2.75) is 46.4 Å². The molecule has 0 aliphatic carbocycles. The van der Waals surface area contributed by atoms with Gasteiger partial charge < -0.3 is 20.3 Å². The van der Waals surface area contributed by atoms with Gasteiger partial charge in [-0.15, -0.1) is 24.0 Å². The first kappa shape index (κ1) is 25.3. The minimum absolute atomic E-state index is 0. The molecule has 8 heteroatoms. The van der Waals surface area contributed by atoms with Crippen LogP contribution < -0.4 is 15.5 Å². The molecule has 2 N–H and O–H groups in total. The minimum Gasteiger partial charge on any atom is -0.375 e. The van der Waals surface area contributed by atoms with Crippen LogP contribution in [0.25, 0.3) is 0 Å². The van der Waals surface area contributed by atoms with Crippen molar-refractivity contribution in [2.75, 3.05) is 31.1 Å². The Kier molecular flexibility index (Phi) is 9.95. The maximum atomic E-state index is 13.9. The zero-order valence-corrected chi connectivity index (χ0v) is 21.0. The molecule has 1 aromatic heterocycles. The smallest absolute Gasteiger partial charge is 0.192 e. The van der Waals surface area contributed by atoms with Crippen molar-refractivity contribution in [3.63, 3.8) is 0 Å². The van der Waals surface area contributed by atoms with E-state index in [0.29, 0.717) is 18.1 Å². The van der Waals surface area contributed by atoms with Gasteiger partial charge in [0.1, 0.15) is 11.6 Å². The molecule has 1 saturated heterocycles. The highest BCUT2D eigenvalue weighted by Gasteiger charge is 2.17. The van der Waals surface area contributed by atoms with Gasteiger partial charge in [-0.25, -0.2) is 14.4 Å². The lowest BCUT2D eigenvalue weighted by Crippen LogP contribution is -2.41. The van der Waals surface area contributed by atoms with Crippen LogP contribution in [-0.4, -0.2) is 43.3 Å². The summed E-state index contributed by atoms with van der Waals surface area (Å²) < 4.78 is 19.5. The van der Waals surface area contributed by atoms with E-state index in [1.807, 2.05) is 32.2 Å². The number of guanidine groups is 1. The molecule has 1 aliphatic rings. The number of pyridine rings is 1. The lowest BCUT2D eigenvalue weighted by molar-refractivity contribution is 0.0529. The fourth-order valence-electron chi connectivity index (χ4n) is 3.38. The number of morpholine rings is 1. The summed E-state index contributed by atoms with van der Waals surface area (Å²) in [4.78, 5) is 11.5. The quantitative estimate of drug-likeness (QED) is 0.327. The summed E-state index contributed by atoms with van der Waals surface area (Å²) in [6.07, 6.45) is 2.10. The Labute approximate surface area is 201 Å². The van der Waals surface area contributed by atoms with Crippen LogP contribution in [0.1, 0.15) is 43.5 Å². The number of benzene rings is 1. The number of aryl methyl sites for hydroxylation is 1. The molecule has 0 spiro atoms. The van der Waals surface area contributed by atoms with Crippen molar-refractivity contribution in [1.29, 1.82) is 0 Å². The summed E-state index contributed by atoms with van der Waals surface area (Å²) in [6, 6.07) is 9.35. The second-order valence-corrected chi connectivity index (χ2v) is 7.72. The second-order valence-electron chi connectivity index (χ2n) is 7.72. The molecule has 0 bridgehead atoms. The van der Waals surface area contributed by atoms with Crippen LogP contribution in [0.3, 0.4) is 0 Å². The molecule has 0 radical (unpaired) electrons. The van der Waals surface area contributed by atoms with Gasteiger partial charge >= 0.3 is 0 Å². The van der Waals surface area contributed by atoms with Gasteiger partial charge in [0.25, 0.3) is 0 Å². The summed E-state index contributed by atoms with van der Waals surface area (Å²) in [5, 5.41) is 6.60. The lowest BCUT2D eigenvalue weighted by Gasteiger charge is -2.32. The molecule has 1 fully saturated rings. The van der Waals surface area contributed by atoms with E-state index in [4.69, 9.17) is 4.74 Å². The van der Waals surface area contributed by atoms with E-state index >= 15 is 0 Å². The normalized spacial score (nSPS) is 17.6. The maximum absolute atomic E-state index is 13.9. The van der Waals surface area contributed by atoms with E-state index in [-0.39, 0.29) is 41.9 Å². The van der Waals surface area contributed by atoms with Gasteiger partial charge in [-0.2, -0.15) is 0 Å². The summed E-state index contributed by atoms with van der Waals surface area (Å²) in [7, 11) is 0. The fourth-order valence-corrected chi connectivity index (χ4v) is 3.38. The fraction of sp³-hybridized carbons (Fsp3) is 0.478. The van der Waals surface area contributed by atoms with Crippen LogP contribution in [0.5, 0.6) is 0 Å². The summed E-state index contributed by atoms with van der Waals surface area (Å²) in [6.45, 7) is 11.6. The van der Waals surface area contributed by atoms with Gasteiger partial charge in [0, 0.05) is 25.8 Å². The third-order valence-corrected chi connectivity index (χ3v) is 5.19. The van der Waals surface area contributed by atoms with E-state index < -0.39 is 0 Å². The molecule has 6 nitrogen and oxygen atoms in total. The number of hydrogen-bond acceptors (Lipinski definition) is 4. The largest absolute Gasteiger partial charge is 0.375 e. The van der Waals surface area contributed by atoms with Crippen molar-refractivity contribution in [2.24, 2.45) is 4.99 Å². The molecule has 0 amide bonds. The molecule has 2 aromatic rings. The average molecular weight is 541 g/mol. The summed E-state index contributed by atoms with van der Waals surface area (Å²) in [5.41, 5.74) is 2.56. The maximum Gasteiger partial charge on any atom is 0.192 e. The Morgan fingerprint density at radius 3 is 2.81 bits per heavy atom. The topological polar surface area (TPSA) is 61.8 Å². The second kappa shape index (κ2) is 12.2. The number of anilines is 1. The number of aliphatic imine (C=N–C) groups is 1. The monoisotopic (exact) mass is 541 g/mol. The number of hydrogen-bond donors (Lipinski definition) is 2. The van der Waals surface area contributed by atoms with Crippen molar-refractivity contribution < 1.29 is 9.13 Å². The zero-order chi connectivity index (χ0) is 21.5. The molecule has 2 atom stereocenters. The Hall–Kier alpha value is -1.94. The molecular weight excluding hydrogens is 508 g/mol. The van der Waals surface area contributed by atoms with Gasteiger partial charge in [-0.1, -0.05) is 18.2 Å². The number of nitrogens with one attached hydrogen (secondary N) is 2. The highest BCUT2D eigenvalue weighted by Crippen LogP contribution is 2.17. The molecular formula is C23H33FIN5O. The highest BCUT2D eigenvalue weighted by atomic mass is 127. The standard InChI is InChI=1S/C23H32FN5O.HI/c1-5-25-23(28-18(4)20-8-6-16(2)21(24)12-20)27-14-19-7-9-22(26-13-19)29-10-11-30-17(3)15-29;/h6-9,12-13,17-18H,5,10-11,14-15H2,1-4H3,(H2,25,27,28);1H. The molecule has 31 heavy (non-hydrogen) atoms. The number of rotatable bonds is 6. The van der Waals surface area contributed by atoms with Gasteiger partial charge in [0.05, 0.1) is 25.3 Å². The zero-order valence-electron chi connectivity index (χ0n) is 18.7. The van der Waals surface area contributed by atoms with Crippen LogP contribution in [0.4, 0.5) is 10.2 Å². The lowest BCUT2D eigenvalue weighted by atomic mass is 10.1. The van der Waals surface area contributed by atoms with Gasteiger partial charge in [-0.3, -0.25) is 0 Å². The number of aromatic nitrogens is 1. The van der Waals surface area contributed by atoms with Crippen molar-refractivity contribution in [1.82, 2.24) is 15.6 Å². The first-order valence-electron chi connectivity index (χ1n) is 10.6. The SMILES string of the molecule is CCNC(=NCc1ccc(N2CCOC(C)C2)nc1)NC(C)c1ccc(C)c(F)c1.I. The van der Waals surface area contributed by atoms with Crippen LogP contribution in [-0.2, 0) is 11.3 Å². The van der Waals surface area contributed by atoms with Crippen molar-refractivity contribution >= 4 is 35.8 Å². The Bertz CT molecular complexity index is 862. The molecule has 1 aliphatic heterocycles. The Morgan fingerprint density at radius 1 is 1.35 bits per heavy atom. The predicted molar refractivity (Wildman–Crippen MR) is 135 cm³/mol. The molecule has 170 valence electrons. The molecule has 3 rings (SSSR count). The van der Waals surface area contributed by atoms with E-state index in [0.717, 1.165) is 43.2 Å². The molecule has 2 unspecified atom stereocenters. The van der Waals surface area contributed by atoms with Crippen LogP contribution in [0.15, 0.2) is 41.5 Å². The van der Waals surface area contributed by atoms with E-state index in [2.05, 4.69) is 38.5 Å². The predicted octanol–water partition coefficient (Wildman–Crippen LogP) is 4.19. The van der Waals surface area contributed by atoms with E-state index in [9.17, 15) is 4.39 Å². The van der Waals surface area contributed by atoms with Crippen molar-refractivity contribution in [3.05, 3.63) is 59.0 Å². The van der Waals surface area contributed by atoms with Crippen LogP contribution in [0.2, 0.25) is 0 Å². The third-order valence-electron chi connectivity index (χ3n) is 5.19. The molecule has 0 saturated carbocycles. The number of ether oxygens (including phenoxy) is 1. The molecule has 1 aromatic carbocycles. The highest BCUT2D eigenvalue weighted by molar-refractivity contribution is 14.0. The minimum atomic E-state index is -0.191. The first-order valence-corrected chi connectivity index (χ1v) is 10.6. The van der Waals surface area contributed by atoms with Gasteiger partial charge in [0.2, 0.25) is 0 Å². The van der Waals surface area contributed by atoms with Gasteiger partial charge in [-0.05, 0) is 56.5 Å². The third kappa shape index (κ3) is 7.31. The summed E-state index contributed by atoms with van der Waals surface area (Å²) in [5.74, 6) is 1.47. The van der Waals surface area contributed by atoms with E-state index in [1.54, 1.807) is 19.1 Å². The summed E-state index contributed by atoms with van der Waals surface area (Å²) >= 11 is 0. The molecule has 2 heterocycles. The number of halogens is 2. The van der Waals surface area contributed by atoms with Crippen LogP contribution >= 0.6 is 24.0 Å². The Morgan fingerprint density at radius 2 is 2.16 bits per heavy atom. The van der Waals surface area contributed by atoms with Crippen molar-refractivity contribution in [3.8, 4) is 0 Å². The average Bonchev–Trinajstić information content (AvgIpc) is 2.74. The van der Waals surface area contributed by atoms with Gasteiger partial charge in [0.15, 0.2) is 5.96 Å². The number of nitrogens with zero attached hydrogens (tertiary/aromatic N) is 3. The Balaban J connectivity index is 0.00000341. The first-order chi connectivity index (χ1) is 14.5. The van der Waals surface area contributed by atoms with Crippen LogP contribution in [0, 0.1) is 12.7 Å². The van der Waals surface area contributed by atoms with E-state index in [1.165, 1.54) is 0 Å².